The van der Waals surface area contributed by atoms with Crippen molar-refractivity contribution in [1.29, 1.82) is 0 Å². The van der Waals surface area contributed by atoms with Crippen molar-refractivity contribution in [3.63, 3.8) is 0 Å². The van der Waals surface area contributed by atoms with Gasteiger partial charge in [0.2, 0.25) is 0 Å². The first-order chi connectivity index (χ1) is 7.41. The van der Waals surface area contributed by atoms with Gasteiger partial charge in [0.15, 0.2) is 12.4 Å². The number of aldehydes is 1. The maximum absolute atomic E-state index is 10.3. The molecule has 98 valence electrons. The Morgan fingerprint density at radius 2 is 1.88 bits per heavy atom. The minimum Gasteiger partial charge on any atom is -0.368 e. The van der Waals surface area contributed by atoms with Crippen LogP contribution in [0.3, 0.4) is 0 Å². The lowest BCUT2D eigenvalue weighted by atomic mass is 10.3. The number of likely N-dealkylation sites (N-methyl/N-ethyl adjacent to an activating group) is 1. The van der Waals surface area contributed by atoms with Crippen molar-refractivity contribution in [3.8, 4) is 0 Å². The van der Waals surface area contributed by atoms with E-state index in [-0.39, 0.29) is 6.10 Å². The van der Waals surface area contributed by atoms with E-state index < -0.39 is 0 Å². The highest BCUT2D eigenvalue weighted by Gasteiger charge is 2.15. The van der Waals surface area contributed by atoms with Gasteiger partial charge in [0.1, 0.15) is 6.54 Å². The van der Waals surface area contributed by atoms with Gasteiger partial charge in [-0.05, 0) is 6.42 Å². The molecule has 0 aliphatic rings. The molecule has 0 aliphatic heterocycles. The lowest BCUT2D eigenvalue weighted by Crippen LogP contribution is -2.42. The zero-order valence-electron chi connectivity index (χ0n) is 11.3. The van der Waals surface area contributed by atoms with Crippen LogP contribution in [-0.2, 0) is 9.53 Å². The average molecular weight is 253 g/mol. The minimum atomic E-state index is -0.264. The van der Waals surface area contributed by atoms with E-state index in [1.165, 1.54) is 19.3 Å². The van der Waals surface area contributed by atoms with E-state index in [9.17, 15) is 4.79 Å². The third-order valence-electron chi connectivity index (χ3n) is 1.92. The smallest absolute Gasteiger partial charge is 0.161 e. The largest absolute Gasteiger partial charge is 0.368 e. The fourth-order valence-corrected chi connectivity index (χ4v) is 1.25. The average Bonchev–Trinajstić information content (AvgIpc) is 2.22. The third-order valence-corrected chi connectivity index (χ3v) is 2.19. The first-order valence-corrected chi connectivity index (χ1v) is 6.29. The Hall–Kier alpha value is -0.120. The summed E-state index contributed by atoms with van der Waals surface area (Å²) in [5.74, 6) is 0.827. The number of rotatable bonds is 7. The van der Waals surface area contributed by atoms with Gasteiger partial charge in [0, 0.05) is 13.0 Å². The number of unbranched alkanes of at least 4 members (excludes halogenated alkanes) is 2. The highest BCUT2D eigenvalue weighted by molar-refractivity contribution is 6.17. The number of quaternary nitrogens is 1. The molecule has 4 heteroatoms. The van der Waals surface area contributed by atoms with E-state index in [0.29, 0.717) is 0 Å². The van der Waals surface area contributed by atoms with E-state index in [2.05, 4.69) is 6.92 Å². The Labute approximate surface area is 105 Å². The molecule has 0 fully saturated rings. The number of ether oxygens (including phenoxy) is 1. The Bertz CT molecular complexity index is 154. The van der Waals surface area contributed by atoms with Crippen molar-refractivity contribution in [2.24, 2.45) is 0 Å². The molecule has 0 aliphatic carbocycles. The van der Waals surface area contributed by atoms with Crippen LogP contribution >= 0.6 is 11.6 Å². The van der Waals surface area contributed by atoms with Crippen LogP contribution in [0.1, 0.15) is 26.2 Å². The fraction of sp³-hybridized carbons (Fsp3) is 0.917. The second-order valence-electron chi connectivity index (χ2n) is 4.78. The summed E-state index contributed by atoms with van der Waals surface area (Å²) in [6.45, 7) is 2.90. The van der Waals surface area contributed by atoms with Gasteiger partial charge in [-0.25, -0.2) is 0 Å². The Kier molecular flexibility index (Phi) is 13.0. The van der Waals surface area contributed by atoms with Crippen LogP contribution in [0.15, 0.2) is 0 Å². The predicted molar refractivity (Wildman–Crippen MR) is 70.0 cm³/mol. The van der Waals surface area contributed by atoms with Crippen LogP contribution in [0.4, 0.5) is 0 Å². The normalized spacial score (nSPS) is 12.6. The number of carbonyl (C=O) groups excluding carboxylic acids is 1. The van der Waals surface area contributed by atoms with Crippen molar-refractivity contribution in [3.05, 3.63) is 0 Å². The summed E-state index contributed by atoms with van der Waals surface area (Å²) < 4.78 is 5.64. The van der Waals surface area contributed by atoms with E-state index in [4.69, 9.17) is 16.3 Å². The predicted octanol–water partition coefficient (Wildman–Crippen LogP) is 2.32. The highest BCUT2D eigenvalue weighted by Crippen LogP contribution is 1.95. The second kappa shape index (κ2) is 11.4. The molecule has 0 amide bonds. The van der Waals surface area contributed by atoms with Gasteiger partial charge in [-0.2, -0.15) is 0 Å². The zero-order chi connectivity index (χ0) is 13.0. The van der Waals surface area contributed by atoms with Crippen molar-refractivity contribution < 1.29 is 14.0 Å². The number of carbonyl (C=O) groups is 1. The Morgan fingerprint density at radius 1 is 1.31 bits per heavy atom. The van der Waals surface area contributed by atoms with Gasteiger partial charge in [-0.3, -0.25) is 0 Å². The van der Waals surface area contributed by atoms with Crippen LogP contribution < -0.4 is 0 Å². The molecule has 0 rings (SSSR count). The monoisotopic (exact) mass is 252 g/mol. The lowest BCUT2D eigenvalue weighted by Gasteiger charge is -2.25. The topological polar surface area (TPSA) is 26.3 Å². The zero-order valence-corrected chi connectivity index (χ0v) is 12.1. The summed E-state index contributed by atoms with van der Waals surface area (Å²) in [4.78, 5) is 10.3. The van der Waals surface area contributed by atoms with Crippen LogP contribution in [0, 0.1) is 0 Å². The molecule has 0 aromatic rings. The number of halogens is 1. The molecule has 0 heterocycles. The third kappa shape index (κ3) is 16.3. The maximum atomic E-state index is 10.3. The van der Waals surface area contributed by atoms with Crippen LogP contribution in [0.2, 0.25) is 0 Å². The Balaban J connectivity index is 0. The van der Waals surface area contributed by atoms with E-state index >= 15 is 0 Å². The molecule has 0 aromatic heterocycles. The standard InChI is InChI=1S/C7H16NO2.C5H11Cl/c1-8(2,3)5-7(6-9)10-4;1-2-3-4-5-6/h6-7H,5H2,1-4H3;2-5H2,1H3/q+1;. The summed E-state index contributed by atoms with van der Waals surface area (Å²) in [6.07, 6.45) is 4.30. The summed E-state index contributed by atoms with van der Waals surface area (Å²) >= 11 is 5.38. The van der Waals surface area contributed by atoms with Gasteiger partial charge >= 0.3 is 0 Å². The molecule has 0 saturated heterocycles. The maximum Gasteiger partial charge on any atom is 0.161 e. The van der Waals surface area contributed by atoms with Crippen molar-refractivity contribution in [1.82, 2.24) is 0 Å². The second-order valence-corrected chi connectivity index (χ2v) is 5.16. The van der Waals surface area contributed by atoms with Gasteiger partial charge in [0.25, 0.3) is 0 Å². The van der Waals surface area contributed by atoms with Crippen molar-refractivity contribution >= 4 is 17.9 Å². The van der Waals surface area contributed by atoms with Crippen LogP contribution in [0.25, 0.3) is 0 Å². The molecule has 1 unspecified atom stereocenters. The van der Waals surface area contributed by atoms with Crippen LogP contribution in [0.5, 0.6) is 0 Å². The number of alkyl halides is 1. The summed E-state index contributed by atoms with van der Waals surface area (Å²) in [5.41, 5.74) is 0. The molecule has 0 saturated carbocycles. The van der Waals surface area contributed by atoms with Gasteiger partial charge < -0.3 is 14.0 Å². The molecule has 0 N–H and O–H groups in total. The van der Waals surface area contributed by atoms with Crippen molar-refractivity contribution in [2.45, 2.75) is 32.3 Å². The number of methoxy groups -OCH3 is 1. The summed E-state index contributed by atoms with van der Waals surface area (Å²) in [6, 6.07) is 0. The summed E-state index contributed by atoms with van der Waals surface area (Å²) in [5, 5.41) is 0. The minimum absolute atomic E-state index is 0.264. The van der Waals surface area contributed by atoms with Crippen LogP contribution in [-0.4, -0.2) is 57.6 Å². The lowest BCUT2D eigenvalue weighted by molar-refractivity contribution is -0.872. The first-order valence-electron chi connectivity index (χ1n) is 5.75. The molecule has 1 atom stereocenters. The van der Waals surface area contributed by atoms with Crippen molar-refractivity contribution in [2.75, 3.05) is 40.7 Å². The molecule has 0 bridgehead atoms. The molecule has 0 aromatic carbocycles. The highest BCUT2D eigenvalue weighted by atomic mass is 35.5. The molecular weight excluding hydrogens is 226 g/mol. The van der Waals surface area contributed by atoms with Gasteiger partial charge in [0.05, 0.1) is 21.1 Å². The Morgan fingerprint density at radius 3 is 2.00 bits per heavy atom. The van der Waals surface area contributed by atoms with E-state index in [1.54, 1.807) is 7.11 Å². The van der Waals surface area contributed by atoms with Gasteiger partial charge in [-0.1, -0.05) is 19.8 Å². The van der Waals surface area contributed by atoms with E-state index in [1.807, 2.05) is 21.1 Å². The number of hydrogen-bond acceptors (Lipinski definition) is 2. The molecule has 3 nitrogen and oxygen atoms in total. The fourth-order valence-electron chi connectivity index (χ4n) is 1.06. The quantitative estimate of drug-likeness (QED) is 0.301. The molecule has 0 radical (unpaired) electrons. The van der Waals surface area contributed by atoms with Gasteiger partial charge in [-0.15, -0.1) is 11.6 Å². The molecular formula is C12H27ClNO2+. The number of hydrogen-bond donors (Lipinski definition) is 0. The number of nitrogens with zero attached hydrogens (tertiary/aromatic N) is 1. The summed E-state index contributed by atoms with van der Waals surface area (Å²) in [7, 11) is 7.62. The first kappa shape index (κ1) is 18.3. The van der Waals surface area contributed by atoms with E-state index in [0.717, 1.165) is 23.2 Å². The molecule has 0 spiro atoms. The SMILES string of the molecule is CCCCCCl.COC(C=O)C[N+](C)(C)C. The molecule has 16 heavy (non-hydrogen) atoms.